The average Bonchev–Trinajstić information content (AvgIpc) is 2.98. The van der Waals surface area contributed by atoms with Crippen LogP contribution in [0.25, 0.3) is 5.65 Å². The third-order valence-corrected chi connectivity index (χ3v) is 4.41. The molecule has 25 heavy (non-hydrogen) atoms. The maximum absolute atomic E-state index is 12.4. The second-order valence-corrected chi connectivity index (χ2v) is 7.16. The van der Waals surface area contributed by atoms with Gasteiger partial charge in [0.2, 0.25) is 0 Å². The quantitative estimate of drug-likeness (QED) is 0.811. The van der Waals surface area contributed by atoms with Crippen LogP contribution in [0.15, 0.2) is 12.4 Å². The highest BCUT2D eigenvalue weighted by molar-refractivity contribution is 6.01. The fraction of sp³-hybridized carbons (Fsp3) is 0.556. The van der Waals surface area contributed by atoms with Crippen molar-refractivity contribution >= 4 is 17.3 Å². The lowest BCUT2D eigenvalue weighted by molar-refractivity contribution is 0.0907. The van der Waals surface area contributed by atoms with Gasteiger partial charge in [-0.05, 0) is 25.2 Å². The van der Waals surface area contributed by atoms with Crippen molar-refractivity contribution in [3.05, 3.63) is 29.2 Å². The summed E-state index contributed by atoms with van der Waals surface area (Å²) in [6, 6.07) is 0. The fourth-order valence-corrected chi connectivity index (χ4v) is 3.20. The molecule has 1 N–H and O–H groups in total. The molecule has 1 aliphatic carbocycles. The van der Waals surface area contributed by atoms with Crippen LogP contribution in [0, 0.1) is 5.41 Å². The molecule has 0 fully saturated rings. The molecule has 0 atom stereocenters. The SMILES string of the molecule is CCOCCCNC(=O)c1cnn2c3c(cnc12)C(=O)CC(C)(C)C3. The largest absolute Gasteiger partial charge is 0.382 e. The summed E-state index contributed by atoms with van der Waals surface area (Å²) >= 11 is 0. The second-order valence-electron chi connectivity index (χ2n) is 7.16. The fourth-order valence-electron chi connectivity index (χ4n) is 3.20. The van der Waals surface area contributed by atoms with Gasteiger partial charge in [0.05, 0.1) is 17.5 Å². The minimum Gasteiger partial charge on any atom is -0.382 e. The maximum atomic E-state index is 12.4. The zero-order valence-electron chi connectivity index (χ0n) is 15.0. The minimum atomic E-state index is -0.208. The molecule has 0 aliphatic heterocycles. The summed E-state index contributed by atoms with van der Waals surface area (Å²) < 4.78 is 6.90. The van der Waals surface area contributed by atoms with Crippen molar-refractivity contribution in [1.29, 1.82) is 0 Å². The summed E-state index contributed by atoms with van der Waals surface area (Å²) in [5.74, 6) is -0.126. The van der Waals surface area contributed by atoms with E-state index in [9.17, 15) is 9.59 Å². The van der Waals surface area contributed by atoms with Crippen molar-refractivity contribution in [3.8, 4) is 0 Å². The van der Waals surface area contributed by atoms with Gasteiger partial charge in [-0.1, -0.05) is 13.8 Å². The first kappa shape index (κ1) is 17.5. The molecule has 0 unspecified atom stereocenters. The number of Topliss-reactive ketones (excluding diaryl/α,β-unsaturated/α-hetero) is 1. The van der Waals surface area contributed by atoms with Crippen molar-refractivity contribution < 1.29 is 14.3 Å². The number of ether oxygens (including phenoxy) is 1. The number of aromatic nitrogens is 3. The van der Waals surface area contributed by atoms with Crippen LogP contribution < -0.4 is 5.32 Å². The predicted octanol–water partition coefficient (Wildman–Crippen LogP) is 2.04. The molecule has 0 saturated carbocycles. The summed E-state index contributed by atoms with van der Waals surface area (Å²) in [7, 11) is 0. The van der Waals surface area contributed by atoms with Crippen molar-refractivity contribution in [3.63, 3.8) is 0 Å². The number of rotatable bonds is 6. The van der Waals surface area contributed by atoms with Gasteiger partial charge >= 0.3 is 0 Å². The first-order valence-corrected chi connectivity index (χ1v) is 8.68. The van der Waals surface area contributed by atoms with E-state index in [1.54, 1.807) is 10.7 Å². The molecule has 0 aromatic carbocycles. The molecule has 3 rings (SSSR count). The van der Waals surface area contributed by atoms with E-state index in [4.69, 9.17) is 4.74 Å². The van der Waals surface area contributed by atoms with Gasteiger partial charge in [0, 0.05) is 32.4 Å². The van der Waals surface area contributed by atoms with Crippen molar-refractivity contribution in [1.82, 2.24) is 19.9 Å². The topological polar surface area (TPSA) is 85.6 Å². The number of hydrogen-bond acceptors (Lipinski definition) is 5. The number of fused-ring (bicyclic) bond motifs is 3. The van der Waals surface area contributed by atoms with E-state index in [0.717, 1.165) is 18.5 Å². The van der Waals surface area contributed by atoms with Gasteiger partial charge in [-0.2, -0.15) is 5.10 Å². The monoisotopic (exact) mass is 344 g/mol. The summed E-state index contributed by atoms with van der Waals surface area (Å²) in [6.45, 7) is 7.90. The third kappa shape index (κ3) is 3.56. The van der Waals surface area contributed by atoms with Gasteiger partial charge in [-0.3, -0.25) is 9.59 Å². The normalized spacial score (nSPS) is 16.0. The average molecular weight is 344 g/mol. The first-order chi connectivity index (χ1) is 11.9. The van der Waals surface area contributed by atoms with Gasteiger partial charge in [-0.25, -0.2) is 9.50 Å². The van der Waals surface area contributed by atoms with Gasteiger partial charge < -0.3 is 10.1 Å². The number of amides is 1. The highest BCUT2D eigenvalue weighted by Gasteiger charge is 2.33. The Kier molecular flexibility index (Phi) is 4.85. The van der Waals surface area contributed by atoms with Gasteiger partial charge in [0.25, 0.3) is 5.91 Å². The Hall–Kier alpha value is -2.28. The summed E-state index contributed by atoms with van der Waals surface area (Å²) in [5, 5.41) is 7.19. The Morgan fingerprint density at radius 2 is 2.16 bits per heavy atom. The van der Waals surface area contributed by atoms with Crippen LogP contribution in [-0.4, -0.2) is 46.0 Å². The minimum absolute atomic E-state index is 0.0816. The molecule has 7 nitrogen and oxygen atoms in total. The van der Waals surface area contributed by atoms with E-state index >= 15 is 0 Å². The van der Waals surface area contributed by atoms with Crippen LogP contribution in [0.1, 0.15) is 60.0 Å². The highest BCUT2D eigenvalue weighted by Crippen LogP contribution is 2.34. The molecule has 0 spiro atoms. The van der Waals surface area contributed by atoms with Gasteiger partial charge in [0.15, 0.2) is 11.4 Å². The van der Waals surface area contributed by atoms with Crippen LogP contribution >= 0.6 is 0 Å². The van der Waals surface area contributed by atoms with Crippen LogP contribution in [0.3, 0.4) is 0 Å². The Morgan fingerprint density at radius 3 is 2.92 bits per heavy atom. The lowest BCUT2D eigenvalue weighted by Gasteiger charge is -2.29. The third-order valence-electron chi connectivity index (χ3n) is 4.41. The standard InChI is InChI=1S/C18H24N4O3/c1-4-25-7-5-6-19-17(24)13-11-21-22-14-8-18(2,3)9-15(23)12(14)10-20-16(13)22/h10-11H,4-9H2,1-3H3,(H,19,24). The number of ketones is 1. The summed E-state index contributed by atoms with van der Waals surface area (Å²) in [5.41, 5.74) is 2.24. The van der Waals surface area contributed by atoms with Crippen LogP contribution in [0.4, 0.5) is 0 Å². The van der Waals surface area contributed by atoms with Crippen LogP contribution in [0.2, 0.25) is 0 Å². The molecule has 1 aliphatic rings. The molecular formula is C18H24N4O3. The highest BCUT2D eigenvalue weighted by atomic mass is 16.5. The number of nitrogens with one attached hydrogen (secondary N) is 1. The van der Waals surface area contributed by atoms with Crippen LogP contribution in [0.5, 0.6) is 0 Å². The molecule has 0 saturated heterocycles. The van der Waals surface area contributed by atoms with Crippen molar-refractivity contribution in [2.75, 3.05) is 19.8 Å². The molecule has 0 bridgehead atoms. The Labute approximate surface area is 146 Å². The van der Waals surface area contributed by atoms with Crippen LogP contribution in [-0.2, 0) is 11.2 Å². The predicted molar refractivity (Wildman–Crippen MR) is 92.9 cm³/mol. The Bertz CT molecular complexity index is 810. The Balaban J connectivity index is 1.83. The lowest BCUT2D eigenvalue weighted by Crippen LogP contribution is -2.29. The second kappa shape index (κ2) is 6.92. The van der Waals surface area contributed by atoms with E-state index in [1.165, 1.54) is 6.20 Å². The van der Waals surface area contributed by atoms with Crippen molar-refractivity contribution in [2.45, 2.75) is 40.0 Å². The number of carbonyl (C=O) groups excluding carboxylic acids is 2. The van der Waals surface area contributed by atoms with Gasteiger partial charge in [-0.15, -0.1) is 0 Å². The molecular weight excluding hydrogens is 320 g/mol. The molecule has 7 heteroatoms. The smallest absolute Gasteiger partial charge is 0.256 e. The van der Waals surface area contributed by atoms with E-state index in [2.05, 4.69) is 29.2 Å². The lowest BCUT2D eigenvalue weighted by atomic mass is 9.76. The van der Waals surface area contributed by atoms with E-state index < -0.39 is 0 Å². The molecule has 134 valence electrons. The zero-order chi connectivity index (χ0) is 18.0. The number of hydrogen-bond donors (Lipinski definition) is 1. The van der Waals surface area contributed by atoms with Crippen molar-refractivity contribution in [2.24, 2.45) is 5.41 Å². The van der Waals surface area contributed by atoms with E-state index in [1.807, 2.05) is 6.92 Å². The molecule has 2 aromatic rings. The molecule has 0 radical (unpaired) electrons. The number of nitrogens with zero attached hydrogens (tertiary/aromatic N) is 3. The Morgan fingerprint density at radius 1 is 1.36 bits per heavy atom. The number of carbonyl (C=O) groups is 2. The van der Waals surface area contributed by atoms with Gasteiger partial charge in [0.1, 0.15) is 5.56 Å². The summed E-state index contributed by atoms with van der Waals surface area (Å²) in [6.07, 6.45) is 5.08. The molecule has 2 heterocycles. The maximum Gasteiger partial charge on any atom is 0.256 e. The molecule has 1 amide bonds. The van der Waals surface area contributed by atoms with E-state index in [-0.39, 0.29) is 17.1 Å². The van der Waals surface area contributed by atoms with E-state index in [0.29, 0.717) is 43.0 Å². The zero-order valence-corrected chi connectivity index (χ0v) is 15.0. The summed E-state index contributed by atoms with van der Waals surface area (Å²) in [4.78, 5) is 29.1. The molecule has 2 aromatic heterocycles. The first-order valence-electron chi connectivity index (χ1n) is 8.68.